The third-order valence-corrected chi connectivity index (χ3v) is 5.68. The fourth-order valence-electron chi connectivity index (χ4n) is 3.85. The summed E-state index contributed by atoms with van der Waals surface area (Å²) >= 11 is 0. The van der Waals surface area contributed by atoms with Crippen LogP contribution < -0.4 is 10.2 Å². The van der Waals surface area contributed by atoms with E-state index in [0.29, 0.717) is 23.8 Å². The quantitative estimate of drug-likeness (QED) is 0.900. The molecule has 3 rings (SSSR count). The van der Waals surface area contributed by atoms with Gasteiger partial charge in [-0.2, -0.15) is 5.26 Å². The van der Waals surface area contributed by atoms with Crippen molar-refractivity contribution in [1.29, 1.82) is 5.26 Å². The molecule has 2 aliphatic rings. The van der Waals surface area contributed by atoms with Crippen molar-refractivity contribution in [2.75, 3.05) is 24.6 Å². The molecule has 1 aliphatic carbocycles. The molecule has 2 fully saturated rings. The van der Waals surface area contributed by atoms with Gasteiger partial charge in [0.15, 0.2) is 0 Å². The number of pyridine rings is 1. The van der Waals surface area contributed by atoms with Crippen LogP contribution in [0.25, 0.3) is 0 Å². The molecule has 5 nitrogen and oxygen atoms in total. The lowest BCUT2D eigenvalue weighted by Crippen LogP contribution is -2.63. The summed E-state index contributed by atoms with van der Waals surface area (Å²) in [6.45, 7) is 9.52. The summed E-state index contributed by atoms with van der Waals surface area (Å²) in [6.07, 6.45) is 5.44. The van der Waals surface area contributed by atoms with Crippen LogP contribution in [-0.2, 0) is 4.74 Å². The third-order valence-electron chi connectivity index (χ3n) is 5.68. The fourth-order valence-corrected chi connectivity index (χ4v) is 3.85. The van der Waals surface area contributed by atoms with E-state index in [1.165, 1.54) is 0 Å². The fraction of sp³-hybridized carbons (Fsp3) is 0.684. The number of rotatable bonds is 5. The number of anilines is 1. The molecule has 0 spiro atoms. The molecule has 2 atom stereocenters. The average molecular weight is 328 g/mol. The summed E-state index contributed by atoms with van der Waals surface area (Å²) in [5.41, 5.74) is 0.841. The standard InChI is InChI=1S/C19H28N4O/c1-4-24-17-11-16(19(17,2)3)22-15-7-9-23(10-8-15)18-6-5-14(12-20)13-21-18/h5-6,13,15-17,22H,4,7-11H2,1-3H3/t16-,17+/m0/s1. The molecule has 1 aromatic heterocycles. The maximum atomic E-state index is 8.86. The van der Waals surface area contributed by atoms with Crippen LogP contribution in [0.5, 0.6) is 0 Å². The van der Waals surface area contributed by atoms with Gasteiger partial charge >= 0.3 is 0 Å². The smallest absolute Gasteiger partial charge is 0.128 e. The van der Waals surface area contributed by atoms with Gasteiger partial charge in [-0.1, -0.05) is 13.8 Å². The van der Waals surface area contributed by atoms with E-state index in [9.17, 15) is 0 Å². The van der Waals surface area contributed by atoms with Crippen LogP contribution in [0.4, 0.5) is 5.82 Å². The molecule has 130 valence electrons. The highest BCUT2D eigenvalue weighted by Gasteiger charge is 2.49. The largest absolute Gasteiger partial charge is 0.378 e. The van der Waals surface area contributed by atoms with Crippen molar-refractivity contribution in [3.8, 4) is 6.07 Å². The van der Waals surface area contributed by atoms with Crippen molar-refractivity contribution >= 4 is 5.82 Å². The predicted molar refractivity (Wildman–Crippen MR) is 94.9 cm³/mol. The van der Waals surface area contributed by atoms with Crippen LogP contribution in [-0.4, -0.2) is 42.9 Å². The van der Waals surface area contributed by atoms with Crippen molar-refractivity contribution in [3.63, 3.8) is 0 Å². The van der Waals surface area contributed by atoms with Gasteiger partial charge in [0.2, 0.25) is 0 Å². The molecule has 0 bridgehead atoms. The van der Waals surface area contributed by atoms with Crippen LogP contribution in [0, 0.1) is 16.7 Å². The lowest BCUT2D eigenvalue weighted by atomic mass is 9.64. The SMILES string of the molecule is CCO[C@@H]1C[C@H](NC2CCN(c3ccc(C#N)cn3)CC2)C1(C)C. The summed E-state index contributed by atoms with van der Waals surface area (Å²) in [5, 5.41) is 12.7. The van der Waals surface area contributed by atoms with Gasteiger partial charge in [0, 0.05) is 43.4 Å². The maximum Gasteiger partial charge on any atom is 0.128 e. The molecule has 24 heavy (non-hydrogen) atoms. The Kier molecular flexibility index (Phi) is 5.07. The zero-order valence-corrected chi connectivity index (χ0v) is 15.0. The first-order valence-electron chi connectivity index (χ1n) is 9.03. The van der Waals surface area contributed by atoms with E-state index in [0.717, 1.165) is 44.8 Å². The molecule has 0 aromatic carbocycles. The number of hydrogen-bond donors (Lipinski definition) is 1. The van der Waals surface area contributed by atoms with E-state index in [-0.39, 0.29) is 5.41 Å². The highest BCUT2D eigenvalue weighted by molar-refractivity contribution is 5.42. The van der Waals surface area contributed by atoms with Gasteiger partial charge in [0.05, 0.1) is 11.7 Å². The second-order valence-electron chi connectivity index (χ2n) is 7.50. The topological polar surface area (TPSA) is 61.2 Å². The van der Waals surface area contributed by atoms with Crippen LogP contribution >= 0.6 is 0 Å². The number of nitrogens with one attached hydrogen (secondary N) is 1. The first kappa shape index (κ1) is 17.2. The lowest BCUT2D eigenvalue weighted by molar-refractivity contribution is -0.116. The van der Waals surface area contributed by atoms with Crippen LogP contribution in [0.2, 0.25) is 0 Å². The van der Waals surface area contributed by atoms with Crippen LogP contribution in [0.3, 0.4) is 0 Å². The molecule has 1 aromatic rings. The summed E-state index contributed by atoms with van der Waals surface area (Å²) in [7, 11) is 0. The maximum absolute atomic E-state index is 8.86. The normalized spacial score (nSPS) is 26.7. The summed E-state index contributed by atoms with van der Waals surface area (Å²) in [6, 6.07) is 7.04. The number of ether oxygens (including phenoxy) is 1. The van der Waals surface area contributed by atoms with Gasteiger partial charge in [-0.05, 0) is 38.3 Å². The highest BCUT2D eigenvalue weighted by atomic mass is 16.5. The van der Waals surface area contributed by atoms with Gasteiger partial charge in [-0.3, -0.25) is 0 Å². The third kappa shape index (κ3) is 3.40. The lowest BCUT2D eigenvalue weighted by Gasteiger charge is -2.53. The van der Waals surface area contributed by atoms with Crippen molar-refractivity contribution in [2.24, 2.45) is 5.41 Å². The van der Waals surface area contributed by atoms with Crippen molar-refractivity contribution in [2.45, 2.75) is 58.2 Å². The Morgan fingerprint density at radius 1 is 1.38 bits per heavy atom. The second kappa shape index (κ2) is 7.08. The number of aromatic nitrogens is 1. The van der Waals surface area contributed by atoms with Gasteiger partial charge in [0.1, 0.15) is 11.9 Å². The molecule has 1 aliphatic heterocycles. The molecule has 1 saturated heterocycles. The molecule has 0 amide bonds. The highest BCUT2D eigenvalue weighted by Crippen LogP contribution is 2.43. The van der Waals surface area contributed by atoms with E-state index in [1.807, 2.05) is 12.1 Å². The molecule has 2 heterocycles. The number of hydrogen-bond acceptors (Lipinski definition) is 5. The first-order chi connectivity index (χ1) is 11.5. The molecule has 0 unspecified atom stereocenters. The molecular formula is C19H28N4O. The Morgan fingerprint density at radius 3 is 2.67 bits per heavy atom. The van der Waals surface area contributed by atoms with E-state index >= 15 is 0 Å². The van der Waals surface area contributed by atoms with E-state index < -0.39 is 0 Å². The van der Waals surface area contributed by atoms with Gasteiger partial charge in [0.25, 0.3) is 0 Å². The van der Waals surface area contributed by atoms with E-state index in [1.54, 1.807) is 6.20 Å². The van der Waals surface area contributed by atoms with Gasteiger partial charge in [-0.25, -0.2) is 4.98 Å². The Hall–Kier alpha value is -1.64. The minimum absolute atomic E-state index is 0.224. The van der Waals surface area contributed by atoms with Crippen molar-refractivity contribution in [1.82, 2.24) is 10.3 Å². The van der Waals surface area contributed by atoms with Crippen LogP contribution in [0.1, 0.15) is 45.6 Å². The minimum atomic E-state index is 0.224. The Bertz CT molecular complexity index is 584. The minimum Gasteiger partial charge on any atom is -0.378 e. The first-order valence-corrected chi connectivity index (χ1v) is 9.03. The monoisotopic (exact) mass is 328 g/mol. The average Bonchev–Trinajstić information content (AvgIpc) is 2.61. The van der Waals surface area contributed by atoms with E-state index in [2.05, 4.69) is 42.0 Å². The Labute approximate surface area is 145 Å². The van der Waals surface area contributed by atoms with Crippen LogP contribution in [0.15, 0.2) is 18.3 Å². The molecule has 1 N–H and O–H groups in total. The Balaban J connectivity index is 1.48. The zero-order valence-electron chi connectivity index (χ0n) is 15.0. The van der Waals surface area contributed by atoms with E-state index in [4.69, 9.17) is 10.00 Å². The van der Waals surface area contributed by atoms with Crippen molar-refractivity contribution < 1.29 is 4.74 Å². The van der Waals surface area contributed by atoms with Crippen molar-refractivity contribution in [3.05, 3.63) is 23.9 Å². The number of piperidine rings is 1. The number of nitrogens with zero attached hydrogens (tertiary/aromatic N) is 3. The van der Waals surface area contributed by atoms with Gasteiger partial charge < -0.3 is 15.0 Å². The van der Waals surface area contributed by atoms with Gasteiger partial charge in [-0.15, -0.1) is 0 Å². The molecule has 0 radical (unpaired) electrons. The molecule has 5 heteroatoms. The molecular weight excluding hydrogens is 300 g/mol. The molecule has 1 saturated carbocycles. The number of nitriles is 1. The predicted octanol–water partition coefficient (Wildman–Crippen LogP) is 2.72. The zero-order chi connectivity index (χ0) is 17.2. The summed E-state index contributed by atoms with van der Waals surface area (Å²) in [4.78, 5) is 6.72. The summed E-state index contributed by atoms with van der Waals surface area (Å²) < 4.78 is 5.83. The summed E-state index contributed by atoms with van der Waals surface area (Å²) in [5.74, 6) is 0.979. The second-order valence-corrected chi connectivity index (χ2v) is 7.50. The Morgan fingerprint density at radius 2 is 2.12 bits per heavy atom.